The number of carbonyl (C=O) groups excluding carboxylic acids is 2. The van der Waals surface area contributed by atoms with Gasteiger partial charge in [-0.1, -0.05) is 6.92 Å². The molecule has 4 heteroatoms. The van der Waals surface area contributed by atoms with Crippen LogP contribution in [0.4, 0.5) is 0 Å². The molecule has 13 heavy (non-hydrogen) atoms. The highest BCUT2D eigenvalue weighted by Gasteiger charge is 2.18. The van der Waals surface area contributed by atoms with Gasteiger partial charge in [0.15, 0.2) is 0 Å². The minimum absolute atomic E-state index is 0.159. The maximum absolute atomic E-state index is 11.4. The molecule has 0 aliphatic heterocycles. The Bertz CT molecular complexity index is 190. The van der Waals surface area contributed by atoms with E-state index in [2.05, 4.69) is 0 Å². The molecule has 2 N–H and O–H groups in total. The predicted molar refractivity (Wildman–Crippen MR) is 51.2 cm³/mol. The molecular formula is C9H18N2O2. The molecule has 1 atom stereocenters. The van der Waals surface area contributed by atoms with Gasteiger partial charge in [-0.05, 0) is 20.5 Å². The van der Waals surface area contributed by atoms with Gasteiger partial charge in [0.2, 0.25) is 5.91 Å². The highest BCUT2D eigenvalue weighted by atomic mass is 16.1. The summed E-state index contributed by atoms with van der Waals surface area (Å²) < 4.78 is 0. The average Bonchev–Trinajstić information content (AvgIpc) is 2.03. The average molecular weight is 186 g/mol. The topological polar surface area (TPSA) is 63.4 Å². The van der Waals surface area contributed by atoms with Crippen LogP contribution in [0.25, 0.3) is 0 Å². The highest BCUT2D eigenvalue weighted by Crippen LogP contribution is 2.06. The van der Waals surface area contributed by atoms with Crippen LogP contribution < -0.4 is 5.73 Å². The van der Waals surface area contributed by atoms with Crippen LogP contribution in [0.5, 0.6) is 0 Å². The second kappa shape index (κ2) is 5.70. The van der Waals surface area contributed by atoms with Crippen molar-refractivity contribution < 1.29 is 9.59 Å². The summed E-state index contributed by atoms with van der Waals surface area (Å²) in [5.74, 6) is -0.193. The molecule has 0 rings (SSSR count). The molecule has 0 radical (unpaired) electrons. The van der Waals surface area contributed by atoms with E-state index in [1.54, 1.807) is 0 Å². The molecule has 0 spiro atoms. The fourth-order valence-corrected chi connectivity index (χ4v) is 1.22. The van der Waals surface area contributed by atoms with Gasteiger partial charge in [-0.2, -0.15) is 0 Å². The second-order valence-corrected chi connectivity index (χ2v) is 3.30. The molecule has 1 amide bonds. The molecule has 76 valence electrons. The van der Waals surface area contributed by atoms with E-state index in [0.29, 0.717) is 12.8 Å². The van der Waals surface area contributed by atoms with Crippen LogP contribution in [0.1, 0.15) is 26.2 Å². The molecule has 0 saturated carbocycles. The predicted octanol–water partition coefficient (Wildman–Crippen LogP) is 0.161. The fourth-order valence-electron chi connectivity index (χ4n) is 1.22. The number of Topliss-reactive ketones (excluding diaryl/α,β-unsaturated/α-hetero) is 1. The van der Waals surface area contributed by atoms with Crippen molar-refractivity contribution in [1.29, 1.82) is 0 Å². The number of hydrogen-bond acceptors (Lipinski definition) is 3. The van der Waals surface area contributed by atoms with Crippen molar-refractivity contribution in [1.82, 2.24) is 4.90 Å². The molecule has 0 aromatic carbocycles. The van der Waals surface area contributed by atoms with E-state index in [4.69, 9.17) is 5.73 Å². The monoisotopic (exact) mass is 186 g/mol. The largest absolute Gasteiger partial charge is 0.370 e. The van der Waals surface area contributed by atoms with E-state index in [1.165, 1.54) is 0 Å². The van der Waals surface area contributed by atoms with Crippen LogP contribution >= 0.6 is 0 Å². The summed E-state index contributed by atoms with van der Waals surface area (Å²) in [7, 11) is 3.67. The molecule has 4 nitrogen and oxygen atoms in total. The number of nitrogens with two attached hydrogens (primary N) is 1. The first-order valence-corrected chi connectivity index (χ1v) is 4.46. The molecule has 0 unspecified atom stereocenters. The number of rotatable bonds is 6. The van der Waals surface area contributed by atoms with Crippen molar-refractivity contribution in [2.75, 3.05) is 14.1 Å². The quantitative estimate of drug-likeness (QED) is 0.642. The molecule has 0 aromatic rings. The molecule has 0 aliphatic rings. The van der Waals surface area contributed by atoms with Gasteiger partial charge in [0, 0.05) is 12.8 Å². The lowest BCUT2D eigenvalue weighted by atomic mass is 10.0. The van der Waals surface area contributed by atoms with Crippen LogP contribution in [-0.4, -0.2) is 36.7 Å². The van der Waals surface area contributed by atoms with E-state index in [0.717, 1.165) is 0 Å². The number of primary amides is 1. The maximum atomic E-state index is 11.4. The Labute approximate surface area is 79.1 Å². The first-order valence-electron chi connectivity index (χ1n) is 4.46. The molecule has 0 aliphatic carbocycles. The van der Waals surface area contributed by atoms with Crippen LogP contribution in [0.2, 0.25) is 0 Å². The zero-order chi connectivity index (χ0) is 10.4. The smallest absolute Gasteiger partial charge is 0.217 e. The third-order valence-corrected chi connectivity index (χ3v) is 2.01. The lowest BCUT2D eigenvalue weighted by Gasteiger charge is -2.21. The van der Waals surface area contributed by atoms with E-state index >= 15 is 0 Å². The van der Waals surface area contributed by atoms with E-state index in [-0.39, 0.29) is 24.2 Å². The van der Waals surface area contributed by atoms with Crippen LogP contribution in [-0.2, 0) is 9.59 Å². The van der Waals surface area contributed by atoms with Crippen LogP contribution in [0, 0.1) is 0 Å². The first kappa shape index (κ1) is 12.1. The number of ketones is 1. The molecular weight excluding hydrogens is 168 g/mol. The SMILES string of the molecule is CCC(=O)[C@H](CCC(N)=O)N(C)C. The molecule has 0 bridgehead atoms. The zero-order valence-electron chi connectivity index (χ0n) is 8.54. The van der Waals surface area contributed by atoms with Crippen molar-refractivity contribution in [3.8, 4) is 0 Å². The van der Waals surface area contributed by atoms with Gasteiger partial charge in [0.05, 0.1) is 6.04 Å². The Hall–Kier alpha value is -0.900. The highest BCUT2D eigenvalue weighted by molar-refractivity contribution is 5.84. The molecule has 0 aromatic heterocycles. The van der Waals surface area contributed by atoms with E-state index in [1.807, 2.05) is 25.9 Å². The number of nitrogens with zero attached hydrogens (tertiary/aromatic N) is 1. The van der Waals surface area contributed by atoms with Gasteiger partial charge >= 0.3 is 0 Å². The van der Waals surface area contributed by atoms with Crippen molar-refractivity contribution in [3.63, 3.8) is 0 Å². The molecule has 0 saturated heterocycles. The third kappa shape index (κ3) is 4.62. The lowest BCUT2D eigenvalue weighted by molar-refractivity contribution is -0.123. The summed E-state index contributed by atoms with van der Waals surface area (Å²) in [4.78, 5) is 23.7. The van der Waals surface area contributed by atoms with Gasteiger partial charge in [0.1, 0.15) is 5.78 Å². The van der Waals surface area contributed by atoms with Gasteiger partial charge in [-0.3, -0.25) is 14.5 Å². The van der Waals surface area contributed by atoms with Gasteiger partial charge < -0.3 is 5.73 Å². The normalized spacial score (nSPS) is 12.9. The summed E-state index contributed by atoms with van der Waals surface area (Å²) in [5.41, 5.74) is 5.01. The molecule has 0 fully saturated rings. The van der Waals surface area contributed by atoms with Crippen molar-refractivity contribution in [3.05, 3.63) is 0 Å². The summed E-state index contributed by atoms with van der Waals surface area (Å²) in [6, 6.07) is -0.169. The number of hydrogen-bond donors (Lipinski definition) is 1. The van der Waals surface area contributed by atoms with Gasteiger partial charge in [0.25, 0.3) is 0 Å². The Kier molecular flexibility index (Phi) is 5.30. The third-order valence-electron chi connectivity index (χ3n) is 2.01. The second-order valence-electron chi connectivity index (χ2n) is 3.30. The van der Waals surface area contributed by atoms with Crippen LogP contribution in [0.3, 0.4) is 0 Å². The standard InChI is InChI=1S/C9H18N2O2/c1-4-8(12)7(11(2)3)5-6-9(10)13/h7H,4-6H2,1-3H3,(H2,10,13)/t7-/m0/s1. The zero-order valence-corrected chi connectivity index (χ0v) is 8.54. The number of likely N-dealkylation sites (N-methyl/N-ethyl adjacent to an activating group) is 1. The van der Waals surface area contributed by atoms with E-state index in [9.17, 15) is 9.59 Å². The fraction of sp³-hybridized carbons (Fsp3) is 0.778. The Morgan fingerprint density at radius 1 is 1.38 bits per heavy atom. The minimum Gasteiger partial charge on any atom is -0.370 e. The van der Waals surface area contributed by atoms with Gasteiger partial charge in [-0.15, -0.1) is 0 Å². The maximum Gasteiger partial charge on any atom is 0.217 e. The summed E-state index contributed by atoms with van der Waals surface area (Å²) in [6.45, 7) is 1.82. The Morgan fingerprint density at radius 2 is 1.92 bits per heavy atom. The number of amides is 1. The Balaban J connectivity index is 4.10. The first-order chi connectivity index (χ1) is 5.99. The van der Waals surface area contributed by atoms with Crippen molar-refractivity contribution >= 4 is 11.7 Å². The van der Waals surface area contributed by atoms with E-state index < -0.39 is 0 Å². The number of carbonyl (C=O) groups is 2. The van der Waals surface area contributed by atoms with Crippen molar-refractivity contribution in [2.45, 2.75) is 32.2 Å². The Morgan fingerprint density at radius 3 is 2.23 bits per heavy atom. The lowest BCUT2D eigenvalue weighted by Crippen LogP contribution is -2.36. The molecule has 0 heterocycles. The summed E-state index contributed by atoms with van der Waals surface area (Å²) >= 11 is 0. The summed E-state index contributed by atoms with van der Waals surface area (Å²) in [6.07, 6.45) is 1.30. The minimum atomic E-state index is -0.351. The summed E-state index contributed by atoms with van der Waals surface area (Å²) in [5, 5.41) is 0. The van der Waals surface area contributed by atoms with Crippen molar-refractivity contribution in [2.24, 2.45) is 5.73 Å². The van der Waals surface area contributed by atoms with Gasteiger partial charge in [-0.25, -0.2) is 0 Å². The van der Waals surface area contributed by atoms with Crippen LogP contribution in [0.15, 0.2) is 0 Å².